The van der Waals surface area contributed by atoms with Crippen LogP contribution >= 0.6 is 23.3 Å². The average molecular weight is 402 g/mol. The SMILES string of the molecule is Nc1nc(/C(=N/OCF)C(=O)NC2=C(C(=O)O)N3C(=O)C[C@H]3SC2)ns1. The van der Waals surface area contributed by atoms with Crippen molar-refractivity contribution < 1.29 is 28.7 Å². The van der Waals surface area contributed by atoms with E-state index in [0.29, 0.717) is 0 Å². The minimum Gasteiger partial charge on any atom is -0.477 e. The molecule has 0 saturated carbocycles. The fourth-order valence-electron chi connectivity index (χ4n) is 2.31. The van der Waals surface area contributed by atoms with E-state index in [1.54, 1.807) is 0 Å². The predicted molar refractivity (Wildman–Crippen MR) is 88.4 cm³/mol. The van der Waals surface area contributed by atoms with Gasteiger partial charge in [-0.05, 0) is 0 Å². The van der Waals surface area contributed by atoms with E-state index in [1.165, 1.54) is 11.8 Å². The summed E-state index contributed by atoms with van der Waals surface area (Å²) in [4.78, 5) is 44.9. The van der Waals surface area contributed by atoms with Crippen LogP contribution in [0.5, 0.6) is 0 Å². The maximum absolute atomic E-state index is 12.5. The van der Waals surface area contributed by atoms with Gasteiger partial charge in [-0.25, -0.2) is 9.18 Å². The molecule has 4 N–H and O–H groups in total. The highest BCUT2D eigenvalue weighted by atomic mass is 32.2. The first-order chi connectivity index (χ1) is 12.4. The Labute approximate surface area is 153 Å². The third-order valence-electron chi connectivity index (χ3n) is 3.39. The van der Waals surface area contributed by atoms with Crippen LogP contribution in [0.4, 0.5) is 9.52 Å². The fraction of sp³-hybridized carbons (Fsp3) is 0.333. The molecule has 138 valence electrons. The number of aliphatic carboxylic acids is 1. The molecule has 3 heterocycles. The number of nitrogen functional groups attached to an aromatic ring is 1. The number of halogens is 1. The molecule has 0 aromatic carbocycles. The number of nitrogens with zero attached hydrogens (tertiary/aromatic N) is 4. The lowest BCUT2D eigenvalue weighted by Gasteiger charge is -2.43. The minimum absolute atomic E-state index is 0.00736. The monoisotopic (exact) mass is 402 g/mol. The molecule has 2 amide bonds. The van der Waals surface area contributed by atoms with Crippen LogP contribution in [-0.2, 0) is 19.2 Å². The molecule has 1 fully saturated rings. The van der Waals surface area contributed by atoms with Crippen LogP contribution in [0.15, 0.2) is 16.5 Å². The van der Waals surface area contributed by atoms with E-state index < -0.39 is 24.4 Å². The fourth-order valence-corrected chi connectivity index (χ4v) is 3.95. The second-order valence-electron chi connectivity index (χ2n) is 4.95. The number of nitrogens with one attached hydrogen (secondary N) is 1. The average Bonchev–Trinajstić information content (AvgIpc) is 3.01. The molecule has 2 aliphatic rings. The van der Waals surface area contributed by atoms with E-state index in [2.05, 4.69) is 24.7 Å². The molecule has 0 unspecified atom stereocenters. The lowest BCUT2D eigenvalue weighted by atomic mass is 10.1. The predicted octanol–water partition coefficient (Wildman–Crippen LogP) is -0.514. The molecular formula is C12H11FN6O5S2. The number of thioether (sulfide) groups is 1. The van der Waals surface area contributed by atoms with Crippen LogP contribution in [0, 0.1) is 0 Å². The van der Waals surface area contributed by atoms with Gasteiger partial charge >= 0.3 is 5.97 Å². The molecule has 26 heavy (non-hydrogen) atoms. The molecule has 1 aromatic rings. The Morgan fingerprint density at radius 1 is 1.54 bits per heavy atom. The number of fused-ring (bicyclic) bond motifs is 1. The van der Waals surface area contributed by atoms with E-state index in [9.17, 15) is 23.9 Å². The number of carbonyl (C=O) groups is 3. The molecule has 1 atom stereocenters. The van der Waals surface area contributed by atoms with Gasteiger partial charge in [-0.1, -0.05) is 5.16 Å². The van der Waals surface area contributed by atoms with E-state index in [-0.39, 0.29) is 45.8 Å². The summed E-state index contributed by atoms with van der Waals surface area (Å²) in [5, 5.41) is 14.9. The highest BCUT2D eigenvalue weighted by molar-refractivity contribution is 8.00. The number of carbonyl (C=O) groups excluding carboxylic acids is 2. The van der Waals surface area contributed by atoms with Gasteiger partial charge in [0.1, 0.15) is 0 Å². The second-order valence-corrected chi connectivity index (χ2v) is 6.90. The van der Waals surface area contributed by atoms with Crippen molar-refractivity contribution in [1.29, 1.82) is 0 Å². The number of oxime groups is 1. The summed E-state index contributed by atoms with van der Waals surface area (Å²) in [5.74, 6) is -2.66. The smallest absolute Gasteiger partial charge is 0.354 e. The molecule has 2 aliphatic heterocycles. The molecule has 0 bridgehead atoms. The Kier molecular flexibility index (Phi) is 5.03. The van der Waals surface area contributed by atoms with Crippen molar-refractivity contribution in [1.82, 2.24) is 19.6 Å². The summed E-state index contributed by atoms with van der Waals surface area (Å²) >= 11 is 2.09. The Morgan fingerprint density at radius 3 is 2.88 bits per heavy atom. The molecule has 11 nitrogen and oxygen atoms in total. The largest absolute Gasteiger partial charge is 0.477 e. The first-order valence-corrected chi connectivity index (χ1v) is 8.81. The van der Waals surface area contributed by atoms with Gasteiger partial charge in [0.05, 0.1) is 17.5 Å². The quantitative estimate of drug-likeness (QED) is 0.323. The number of carboxylic acid groups (broad SMARTS) is 1. The minimum atomic E-state index is -1.35. The maximum atomic E-state index is 12.5. The number of rotatable bonds is 6. The number of β-lactam (4-membered cyclic amide) rings is 1. The summed E-state index contributed by atoms with van der Waals surface area (Å²) in [6, 6.07) is 0. The Bertz CT molecular complexity index is 840. The normalized spacial score (nSPS) is 19.7. The van der Waals surface area contributed by atoms with Crippen molar-refractivity contribution in [3.05, 3.63) is 17.2 Å². The molecule has 1 saturated heterocycles. The summed E-state index contributed by atoms with van der Waals surface area (Å²) < 4.78 is 16.0. The third kappa shape index (κ3) is 3.32. The van der Waals surface area contributed by atoms with Gasteiger partial charge in [-0.3, -0.25) is 14.5 Å². The molecule has 0 radical (unpaired) electrons. The Morgan fingerprint density at radius 2 is 2.31 bits per heavy atom. The topological polar surface area (TPSA) is 160 Å². The number of anilines is 1. The first kappa shape index (κ1) is 18.1. The number of nitrogens with two attached hydrogens (primary N) is 1. The van der Waals surface area contributed by atoms with Crippen LogP contribution in [0.1, 0.15) is 12.2 Å². The molecule has 1 aromatic heterocycles. The highest BCUT2D eigenvalue weighted by Crippen LogP contribution is 2.39. The van der Waals surface area contributed by atoms with Crippen molar-refractivity contribution in [3.63, 3.8) is 0 Å². The summed E-state index contributed by atoms with van der Waals surface area (Å²) in [7, 11) is 0. The lowest BCUT2D eigenvalue weighted by molar-refractivity contribution is -0.146. The van der Waals surface area contributed by atoms with Crippen LogP contribution in [-0.4, -0.2) is 60.8 Å². The number of amides is 2. The maximum Gasteiger partial charge on any atom is 0.354 e. The van der Waals surface area contributed by atoms with Crippen LogP contribution in [0.3, 0.4) is 0 Å². The van der Waals surface area contributed by atoms with Gasteiger partial charge < -0.3 is 21.0 Å². The van der Waals surface area contributed by atoms with E-state index in [1.807, 2.05) is 0 Å². The van der Waals surface area contributed by atoms with E-state index >= 15 is 0 Å². The van der Waals surface area contributed by atoms with Gasteiger partial charge in [0, 0.05) is 17.3 Å². The number of aromatic nitrogens is 2. The lowest BCUT2D eigenvalue weighted by Crippen LogP contribution is -2.55. The van der Waals surface area contributed by atoms with Gasteiger partial charge in [0.25, 0.3) is 12.8 Å². The van der Waals surface area contributed by atoms with Crippen LogP contribution in [0.2, 0.25) is 0 Å². The van der Waals surface area contributed by atoms with Gasteiger partial charge in [-0.15, -0.1) is 11.8 Å². The number of alkyl halides is 1. The van der Waals surface area contributed by atoms with Gasteiger partial charge in [0.2, 0.25) is 17.4 Å². The van der Waals surface area contributed by atoms with Crippen molar-refractivity contribution in [2.45, 2.75) is 11.8 Å². The Balaban J connectivity index is 1.89. The zero-order valence-corrected chi connectivity index (χ0v) is 14.5. The molecule has 3 rings (SSSR count). The van der Waals surface area contributed by atoms with E-state index in [0.717, 1.165) is 16.4 Å². The summed E-state index contributed by atoms with van der Waals surface area (Å²) in [5.41, 5.74) is 4.68. The van der Waals surface area contributed by atoms with Crippen LogP contribution < -0.4 is 11.1 Å². The van der Waals surface area contributed by atoms with Crippen molar-refractivity contribution in [2.75, 3.05) is 18.3 Å². The Hall–Kier alpha value is -2.74. The molecule has 0 aliphatic carbocycles. The van der Waals surface area contributed by atoms with Crippen molar-refractivity contribution >= 4 is 51.9 Å². The first-order valence-electron chi connectivity index (χ1n) is 6.99. The number of carboxylic acids is 1. The van der Waals surface area contributed by atoms with Crippen molar-refractivity contribution in [3.8, 4) is 0 Å². The highest BCUT2D eigenvalue weighted by Gasteiger charge is 2.45. The van der Waals surface area contributed by atoms with E-state index in [4.69, 9.17) is 5.73 Å². The second kappa shape index (κ2) is 7.25. The molecule has 14 heteroatoms. The zero-order chi connectivity index (χ0) is 18.8. The van der Waals surface area contributed by atoms with Gasteiger partial charge in [-0.2, -0.15) is 9.36 Å². The standard InChI is InChI=1S/C12H11FN6O5S2/c13-3-24-17-7(9-16-12(14)26-18-9)10(21)15-4-2-25-6-1-5(20)19(6)8(4)11(22)23/h6H,1-3H2,(H,15,21)(H,22,23)(H2,14,16,18)/b17-7-/t6-/m1/s1. The number of hydrogen-bond acceptors (Lipinski definition) is 10. The van der Waals surface area contributed by atoms with Crippen LogP contribution in [0.25, 0.3) is 0 Å². The zero-order valence-electron chi connectivity index (χ0n) is 12.8. The van der Waals surface area contributed by atoms with Crippen molar-refractivity contribution in [2.24, 2.45) is 5.16 Å². The number of hydrogen-bond donors (Lipinski definition) is 3. The third-order valence-corrected chi connectivity index (χ3v) is 5.15. The van der Waals surface area contributed by atoms with Gasteiger partial charge in [0.15, 0.2) is 10.8 Å². The molecular weight excluding hydrogens is 391 g/mol. The summed E-state index contributed by atoms with van der Waals surface area (Å²) in [6.45, 7) is -1.29. The summed E-state index contributed by atoms with van der Waals surface area (Å²) in [6.07, 6.45) is 0.238. The molecule has 0 spiro atoms.